The Morgan fingerprint density at radius 3 is 2.33 bits per heavy atom. The summed E-state index contributed by atoms with van der Waals surface area (Å²) in [4.78, 5) is 25.8. The van der Waals surface area contributed by atoms with Gasteiger partial charge in [-0.15, -0.1) is 0 Å². The van der Waals surface area contributed by atoms with Crippen LogP contribution in [0.4, 0.5) is 0 Å². The Kier molecular flexibility index (Phi) is 9.43. The number of rotatable bonds is 3. The summed E-state index contributed by atoms with van der Waals surface area (Å²) in [7, 11) is 0. The SMILES string of the molecule is CC(=O)N[C@@H]1C[C@H]([NH2+]C(C)(C)C)CC[C@@H]1N1CC[C@H]([NH3+])C1=O.[Br-].[Br-]. The lowest BCUT2D eigenvalue weighted by atomic mass is 9.84. The highest BCUT2D eigenvalue weighted by Crippen LogP contribution is 2.26. The van der Waals surface area contributed by atoms with Gasteiger partial charge in [-0.2, -0.15) is 0 Å². The van der Waals surface area contributed by atoms with E-state index < -0.39 is 0 Å². The maximum Gasteiger partial charge on any atom is 0.281 e. The Balaban J connectivity index is 0.00000264. The summed E-state index contributed by atoms with van der Waals surface area (Å²) in [5.74, 6) is 0.142. The number of halogens is 2. The van der Waals surface area contributed by atoms with Crippen molar-refractivity contribution in [3.05, 3.63) is 0 Å². The van der Waals surface area contributed by atoms with E-state index in [1.54, 1.807) is 6.92 Å². The van der Waals surface area contributed by atoms with E-state index in [-0.39, 0.29) is 69.4 Å². The predicted octanol–water partition coefficient (Wildman–Crippen LogP) is -7.38. The van der Waals surface area contributed by atoms with Crippen LogP contribution in [0.3, 0.4) is 0 Å². The topological polar surface area (TPSA) is 93.7 Å². The molecule has 0 aromatic heterocycles. The second-order valence-corrected chi connectivity index (χ2v) is 8.00. The van der Waals surface area contributed by atoms with Gasteiger partial charge >= 0.3 is 0 Å². The van der Waals surface area contributed by atoms with Crippen LogP contribution in [0.2, 0.25) is 0 Å². The number of nitrogens with one attached hydrogen (secondary N) is 1. The summed E-state index contributed by atoms with van der Waals surface area (Å²) < 4.78 is 0. The van der Waals surface area contributed by atoms with Crippen LogP contribution in [-0.2, 0) is 9.59 Å². The normalized spacial score (nSPS) is 30.4. The van der Waals surface area contributed by atoms with Crippen LogP contribution in [0, 0.1) is 0 Å². The molecule has 0 spiro atoms. The lowest BCUT2D eigenvalue weighted by Crippen LogP contribution is -3.00. The molecule has 0 unspecified atom stereocenters. The molecular weight excluding hydrogens is 440 g/mol. The summed E-state index contributed by atoms with van der Waals surface area (Å²) >= 11 is 0. The fraction of sp³-hybridized carbons (Fsp3) is 0.875. The van der Waals surface area contributed by atoms with E-state index >= 15 is 0 Å². The standard InChI is InChI=1S/C16H30N4O2.2BrH/c1-10(21)18-13-9-11(19-16(2,3)4)5-6-14(13)20-8-7-12(17)15(20)22;;/h11-14,19H,5-9,17H2,1-4H3,(H,18,21);2*1H/t11-,12+,13-,14+;;/m1../s1. The molecular formula is C16H32Br2N4O2. The zero-order valence-electron chi connectivity index (χ0n) is 15.1. The van der Waals surface area contributed by atoms with Crippen LogP contribution >= 0.6 is 0 Å². The molecule has 24 heavy (non-hydrogen) atoms. The molecule has 1 aliphatic heterocycles. The molecule has 0 radical (unpaired) electrons. The highest BCUT2D eigenvalue weighted by Gasteiger charge is 2.43. The Hall–Kier alpha value is -0.180. The van der Waals surface area contributed by atoms with E-state index in [2.05, 4.69) is 37.1 Å². The fourth-order valence-corrected chi connectivity index (χ4v) is 3.93. The Morgan fingerprint density at radius 2 is 1.88 bits per heavy atom. The first-order valence-corrected chi connectivity index (χ1v) is 8.44. The van der Waals surface area contributed by atoms with Crippen molar-refractivity contribution < 1.29 is 54.6 Å². The van der Waals surface area contributed by atoms with Crippen molar-refractivity contribution in [2.75, 3.05) is 6.54 Å². The lowest BCUT2D eigenvalue weighted by molar-refractivity contribution is -0.749. The quantitative estimate of drug-likeness (QED) is 0.381. The molecule has 0 aromatic rings. The summed E-state index contributed by atoms with van der Waals surface area (Å²) in [6.45, 7) is 8.98. The summed E-state index contributed by atoms with van der Waals surface area (Å²) in [6, 6.07) is 0.579. The van der Waals surface area contributed by atoms with E-state index in [9.17, 15) is 9.59 Å². The second-order valence-electron chi connectivity index (χ2n) is 8.00. The first kappa shape index (κ1) is 23.8. The van der Waals surface area contributed by atoms with Gasteiger partial charge in [0.05, 0.1) is 23.7 Å². The number of likely N-dealkylation sites (tertiary alicyclic amines) is 1. The highest BCUT2D eigenvalue weighted by atomic mass is 79.9. The molecule has 6 nitrogen and oxygen atoms in total. The van der Waals surface area contributed by atoms with Crippen molar-refractivity contribution in [1.82, 2.24) is 10.2 Å². The van der Waals surface area contributed by atoms with Crippen molar-refractivity contribution in [3.63, 3.8) is 0 Å². The summed E-state index contributed by atoms with van der Waals surface area (Å²) in [5, 5.41) is 5.48. The number of carbonyl (C=O) groups excluding carboxylic acids is 2. The van der Waals surface area contributed by atoms with Crippen molar-refractivity contribution in [1.29, 1.82) is 0 Å². The van der Waals surface area contributed by atoms with Gasteiger partial charge in [-0.25, -0.2) is 0 Å². The Morgan fingerprint density at radius 1 is 1.25 bits per heavy atom. The molecule has 8 heteroatoms. The van der Waals surface area contributed by atoms with Crippen molar-refractivity contribution in [2.45, 2.75) is 83.1 Å². The van der Waals surface area contributed by atoms with Crippen LogP contribution in [0.5, 0.6) is 0 Å². The number of amides is 2. The largest absolute Gasteiger partial charge is 1.00 e. The summed E-state index contributed by atoms with van der Waals surface area (Å²) in [6.07, 6.45) is 3.80. The fourth-order valence-electron chi connectivity index (χ4n) is 3.93. The minimum Gasteiger partial charge on any atom is -1.00 e. The third kappa shape index (κ3) is 6.28. The van der Waals surface area contributed by atoms with Gasteiger partial charge in [0.25, 0.3) is 5.91 Å². The van der Waals surface area contributed by atoms with Crippen LogP contribution in [0.15, 0.2) is 0 Å². The molecule has 1 heterocycles. The average molecular weight is 472 g/mol. The minimum atomic E-state index is -0.114. The van der Waals surface area contributed by atoms with E-state index in [0.717, 1.165) is 32.2 Å². The molecule has 2 aliphatic rings. The maximum atomic E-state index is 12.3. The van der Waals surface area contributed by atoms with E-state index in [1.807, 2.05) is 4.90 Å². The number of hydrogen-bond acceptors (Lipinski definition) is 2. The predicted molar refractivity (Wildman–Crippen MR) is 83.7 cm³/mol. The van der Waals surface area contributed by atoms with Crippen LogP contribution < -0.4 is 50.3 Å². The number of hydrogen-bond donors (Lipinski definition) is 3. The van der Waals surface area contributed by atoms with Gasteiger partial charge in [-0.05, 0) is 27.2 Å². The van der Waals surface area contributed by atoms with Crippen molar-refractivity contribution in [3.8, 4) is 0 Å². The number of nitrogens with two attached hydrogens (primary N) is 1. The number of nitrogens with zero attached hydrogens (tertiary/aromatic N) is 1. The second kappa shape index (κ2) is 9.50. The highest BCUT2D eigenvalue weighted by molar-refractivity contribution is 5.83. The van der Waals surface area contributed by atoms with E-state index in [0.29, 0.717) is 6.04 Å². The molecule has 2 rings (SSSR count). The van der Waals surface area contributed by atoms with Gasteiger partial charge in [0.2, 0.25) is 5.91 Å². The van der Waals surface area contributed by atoms with Crippen LogP contribution in [0.1, 0.15) is 53.4 Å². The lowest BCUT2D eigenvalue weighted by Gasteiger charge is -2.41. The zero-order valence-corrected chi connectivity index (χ0v) is 18.3. The first-order valence-electron chi connectivity index (χ1n) is 8.44. The Labute approximate surface area is 166 Å². The number of carbonyl (C=O) groups is 2. The van der Waals surface area contributed by atoms with Crippen LogP contribution in [-0.4, -0.2) is 53.0 Å². The molecule has 1 saturated heterocycles. The summed E-state index contributed by atoms with van der Waals surface area (Å²) in [5.41, 5.74) is 4.11. The molecule has 1 saturated carbocycles. The molecule has 1 aliphatic carbocycles. The van der Waals surface area contributed by atoms with Gasteiger partial charge in [0, 0.05) is 32.7 Å². The van der Waals surface area contributed by atoms with Gasteiger partial charge in [0.15, 0.2) is 6.04 Å². The third-order valence-electron chi connectivity index (χ3n) is 4.73. The molecule has 2 amide bonds. The Bertz CT molecular complexity index is 442. The van der Waals surface area contributed by atoms with E-state index in [1.165, 1.54) is 0 Å². The van der Waals surface area contributed by atoms with Gasteiger partial charge in [0.1, 0.15) is 0 Å². The van der Waals surface area contributed by atoms with Gasteiger partial charge in [-0.1, -0.05) is 0 Å². The first-order chi connectivity index (χ1) is 10.2. The van der Waals surface area contributed by atoms with Crippen LogP contribution in [0.25, 0.3) is 0 Å². The zero-order chi connectivity index (χ0) is 16.5. The van der Waals surface area contributed by atoms with Crippen molar-refractivity contribution in [2.24, 2.45) is 0 Å². The molecule has 0 aromatic carbocycles. The maximum absolute atomic E-state index is 12.3. The van der Waals surface area contributed by atoms with Gasteiger partial charge in [-0.3, -0.25) is 9.59 Å². The average Bonchev–Trinajstić information content (AvgIpc) is 2.68. The van der Waals surface area contributed by atoms with E-state index in [4.69, 9.17) is 0 Å². The molecule has 4 atom stereocenters. The number of quaternary nitrogens is 2. The van der Waals surface area contributed by atoms with Crippen molar-refractivity contribution >= 4 is 11.8 Å². The molecule has 142 valence electrons. The van der Waals surface area contributed by atoms with Gasteiger partial charge < -0.3 is 55.2 Å². The third-order valence-corrected chi connectivity index (χ3v) is 4.73. The molecule has 6 N–H and O–H groups in total. The monoisotopic (exact) mass is 470 g/mol. The molecule has 0 bridgehead atoms. The smallest absolute Gasteiger partial charge is 0.281 e. The minimum absolute atomic E-state index is 0. The molecule has 2 fully saturated rings.